The molecule has 0 aromatic heterocycles. The average molecular weight is 263 g/mol. The molecule has 0 aromatic rings. The minimum Gasteiger partial charge on any atom is -0.306 e. The molecule has 0 aliphatic carbocycles. The van der Waals surface area contributed by atoms with Crippen LogP contribution in [-0.2, 0) is 0 Å². The molecule has 0 saturated carbocycles. The van der Waals surface area contributed by atoms with Crippen LogP contribution in [0.1, 0.15) is 25.7 Å². The lowest BCUT2D eigenvalue weighted by molar-refractivity contribution is 0.143. The van der Waals surface area contributed by atoms with Crippen LogP contribution in [0.2, 0.25) is 0 Å². The molecule has 2 nitrogen and oxygen atoms in total. The highest BCUT2D eigenvalue weighted by Gasteiger charge is 2.19. The fourth-order valence-electron chi connectivity index (χ4n) is 2.07. The van der Waals surface area contributed by atoms with Gasteiger partial charge in [0.25, 0.3) is 0 Å². The van der Waals surface area contributed by atoms with E-state index in [9.17, 15) is 0 Å². The lowest BCUT2D eigenvalue weighted by atomic mass is 10.0. The van der Waals surface area contributed by atoms with Gasteiger partial charge in [-0.25, -0.2) is 0 Å². The van der Waals surface area contributed by atoms with Crippen molar-refractivity contribution in [1.29, 1.82) is 0 Å². The van der Waals surface area contributed by atoms with E-state index in [2.05, 4.69) is 39.8 Å². The molecule has 0 unspecified atom stereocenters. The van der Waals surface area contributed by atoms with Gasteiger partial charge in [-0.3, -0.25) is 0 Å². The molecule has 0 spiro atoms. The number of halogens is 1. The molecular formula is C11H23BrN2. The van der Waals surface area contributed by atoms with Crippen LogP contribution in [0.4, 0.5) is 0 Å². The molecule has 0 radical (unpaired) electrons. The summed E-state index contributed by atoms with van der Waals surface area (Å²) < 4.78 is 0. The largest absolute Gasteiger partial charge is 0.306 e. The maximum atomic E-state index is 3.48. The van der Waals surface area contributed by atoms with Gasteiger partial charge in [-0.2, -0.15) is 0 Å². The van der Waals surface area contributed by atoms with Crippen molar-refractivity contribution in [2.45, 2.75) is 31.7 Å². The SMILES string of the molecule is CN1CCC(N(C)CCCCBr)CC1. The first-order valence-electron chi connectivity index (χ1n) is 5.69. The van der Waals surface area contributed by atoms with Gasteiger partial charge >= 0.3 is 0 Å². The highest BCUT2D eigenvalue weighted by Crippen LogP contribution is 2.14. The van der Waals surface area contributed by atoms with Gasteiger partial charge in [0.1, 0.15) is 0 Å². The van der Waals surface area contributed by atoms with E-state index in [1.165, 1.54) is 45.3 Å². The zero-order valence-corrected chi connectivity index (χ0v) is 11.1. The van der Waals surface area contributed by atoms with Crippen LogP contribution in [0.25, 0.3) is 0 Å². The molecule has 0 aromatic carbocycles. The van der Waals surface area contributed by atoms with Gasteiger partial charge in [0.2, 0.25) is 0 Å². The molecule has 0 N–H and O–H groups in total. The van der Waals surface area contributed by atoms with Crippen LogP contribution < -0.4 is 0 Å². The summed E-state index contributed by atoms with van der Waals surface area (Å²) in [5.74, 6) is 0. The molecule has 1 saturated heterocycles. The number of alkyl halides is 1. The summed E-state index contributed by atoms with van der Waals surface area (Å²) in [4.78, 5) is 4.98. The Bertz CT molecular complexity index is 144. The summed E-state index contributed by atoms with van der Waals surface area (Å²) in [6.07, 6.45) is 5.33. The topological polar surface area (TPSA) is 6.48 Å². The molecule has 0 bridgehead atoms. The summed E-state index contributed by atoms with van der Waals surface area (Å²) >= 11 is 3.48. The normalized spacial score (nSPS) is 20.6. The molecule has 1 aliphatic rings. The summed E-state index contributed by atoms with van der Waals surface area (Å²) in [5, 5.41) is 1.15. The molecule has 1 heterocycles. The predicted octanol–water partition coefficient (Wildman–Crippen LogP) is 2.19. The second-order valence-electron chi connectivity index (χ2n) is 4.41. The van der Waals surface area contributed by atoms with Crippen molar-refractivity contribution >= 4 is 15.9 Å². The van der Waals surface area contributed by atoms with E-state index in [-0.39, 0.29) is 0 Å². The Balaban J connectivity index is 2.13. The maximum absolute atomic E-state index is 3.48. The van der Waals surface area contributed by atoms with E-state index in [4.69, 9.17) is 0 Å². The standard InChI is InChI=1S/C11H23BrN2/c1-13-9-5-11(6-10-13)14(2)8-4-3-7-12/h11H,3-10H2,1-2H3. The molecule has 0 amide bonds. The summed E-state index contributed by atoms with van der Waals surface area (Å²) in [5.41, 5.74) is 0. The van der Waals surface area contributed by atoms with E-state index in [0.29, 0.717) is 0 Å². The molecule has 3 heteroatoms. The summed E-state index contributed by atoms with van der Waals surface area (Å²) in [6.45, 7) is 3.81. The molecule has 14 heavy (non-hydrogen) atoms. The van der Waals surface area contributed by atoms with Crippen molar-refractivity contribution in [3.8, 4) is 0 Å². The van der Waals surface area contributed by atoms with Gasteiger partial charge in [-0.15, -0.1) is 0 Å². The average Bonchev–Trinajstić information content (AvgIpc) is 2.19. The van der Waals surface area contributed by atoms with Crippen molar-refractivity contribution in [1.82, 2.24) is 9.80 Å². The Morgan fingerprint density at radius 3 is 2.50 bits per heavy atom. The number of unbranched alkanes of at least 4 members (excludes halogenated alkanes) is 1. The second kappa shape index (κ2) is 6.81. The fourth-order valence-corrected chi connectivity index (χ4v) is 2.47. The Hall–Kier alpha value is 0.400. The minimum atomic E-state index is 0.835. The predicted molar refractivity (Wildman–Crippen MR) is 66.2 cm³/mol. The van der Waals surface area contributed by atoms with Crippen molar-refractivity contribution in [2.75, 3.05) is 39.1 Å². The molecule has 1 aliphatic heterocycles. The number of rotatable bonds is 5. The molecular weight excluding hydrogens is 240 g/mol. The van der Waals surface area contributed by atoms with E-state index in [1.54, 1.807) is 0 Å². The number of nitrogens with zero attached hydrogens (tertiary/aromatic N) is 2. The van der Waals surface area contributed by atoms with E-state index < -0.39 is 0 Å². The Morgan fingerprint density at radius 2 is 1.93 bits per heavy atom. The fraction of sp³-hybridized carbons (Fsp3) is 1.00. The molecule has 1 fully saturated rings. The highest BCUT2D eigenvalue weighted by atomic mass is 79.9. The number of hydrogen-bond acceptors (Lipinski definition) is 2. The van der Waals surface area contributed by atoms with Gasteiger partial charge in [-0.05, 0) is 59.4 Å². The van der Waals surface area contributed by atoms with Gasteiger partial charge in [0, 0.05) is 11.4 Å². The maximum Gasteiger partial charge on any atom is 0.0117 e. The smallest absolute Gasteiger partial charge is 0.0117 e. The van der Waals surface area contributed by atoms with Gasteiger partial charge in [0.15, 0.2) is 0 Å². The van der Waals surface area contributed by atoms with Gasteiger partial charge < -0.3 is 9.80 Å². The number of hydrogen-bond donors (Lipinski definition) is 0. The first-order valence-corrected chi connectivity index (χ1v) is 6.81. The van der Waals surface area contributed by atoms with Crippen molar-refractivity contribution in [2.24, 2.45) is 0 Å². The monoisotopic (exact) mass is 262 g/mol. The van der Waals surface area contributed by atoms with Gasteiger partial charge in [0.05, 0.1) is 0 Å². The third-order valence-corrected chi connectivity index (χ3v) is 3.77. The third-order valence-electron chi connectivity index (χ3n) is 3.21. The molecule has 0 atom stereocenters. The van der Waals surface area contributed by atoms with Crippen molar-refractivity contribution < 1.29 is 0 Å². The summed E-state index contributed by atoms with van der Waals surface area (Å²) in [6, 6.07) is 0.835. The Kier molecular flexibility index (Phi) is 6.06. The minimum absolute atomic E-state index is 0.835. The quantitative estimate of drug-likeness (QED) is 0.554. The zero-order chi connectivity index (χ0) is 10.4. The number of likely N-dealkylation sites (tertiary alicyclic amines) is 1. The second-order valence-corrected chi connectivity index (χ2v) is 5.20. The first kappa shape index (κ1) is 12.5. The van der Waals surface area contributed by atoms with Crippen LogP contribution in [-0.4, -0.2) is 54.9 Å². The zero-order valence-electron chi connectivity index (χ0n) is 9.51. The summed E-state index contributed by atoms with van der Waals surface area (Å²) in [7, 11) is 4.51. The van der Waals surface area contributed by atoms with E-state index >= 15 is 0 Å². The first-order chi connectivity index (χ1) is 6.74. The third kappa shape index (κ3) is 4.28. The van der Waals surface area contributed by atoms with Crippen molar-refractivity contribution in [3.63, 3.8) is 0 Å². The van der Waals surface area contributed by atoms with Crippen LogP contribution >= 0.6 is 15.9 Å². The van der Waals surface area contributed by atoms with Crippen LogP contribution in [0.5, 0.6) is 0 Å². The van der Waals surface area contributed by atoms with Crippen molar-refractivity contribution in [3.05, 3.63) is 0 Å². The Labute approximate surface area is 96.8 Å². The Morgan fingerprint density at radius 1 is 1.29 bits per heavy atom. The van der Waals surface area contributed by atoms with E-state index in [0.717, 1.165) is 11.4 Å². The lowest BCUT2D eigenvalue weighted by Crippen LogP contribution is -2.42. The van der Waals surface area contributed by atoms with E-state index in [1.807, 2.05) is 0 Å². The lowest BCUT2D eigenvalue weighted by Gasteiger charge is -2.35. The van der Waals surface area contributed by atoms with Crippen LogP contribution in [0.15, 0.2) is 0 Å². The molecule has 1 rings (SSSR count). The highest BCUT2D eigenvalue weighted by molar-refractivity contribution is 9.09. The van der Waals surface area contributed by atoms with Gasteiger partial charge in [-0.1, -0.05) is 15.9 Å². The van der Waals surface area contributed by atoms with Crippen LogP contribution in [0.3, 0.4) is 0 Å². The molecule has 84 valence electrons. The number of piperidine rings is 1. The van der Waals surface area contributed by atoms with Crippen LogP contribution in [0, 0.1) is 0 Å².